The summed E-state index contributed by atoms with van der Waals surface area (Å²) in [7, 11) is 1.59. The highest BCUT2D eigenvalue weighted by Crippen LogP contribution is 1.95. The van der Waals surface area contributed by atoms with Crippen molar-refractivity contribution in [3.8, 4) is 0 Å². The second-order valence-electron chi connectivity index (χ2n) is 2.39. The number of aryl methyl sites for hydroxylation is 1. The Morgan fingerprint density at radius 2 is 2.50 bits per heavy atom. The predicted octanol–water partition coefficient (Wildman–Crippen LogP) is -1.42. The Kier molecular flexibility index (Phi) is 1.89. The molecule has 2 aromatic heterocycles. The summed E-state index contributed by atoms with van der Waals surface area (Å²) >= 11 is 0. The van der Waals surface area contributed by atoms with Gasteiger partial charge in [0.05, 0.1) is 7.05 Å². The van der Waals surface area contributed by atoms with Crippen LogP contribution in [-0.2, 0) is 7.05 Å². The molecule has 2 rings (SSSR count). The number of tetrazole rings is 1. The van der Waals surface area contributed by atoms with E-state index in [1.165, 1.54) is 11.1 Å². The third-order valence-corrected chi connectivity index (χ3v) is 1.36. The number of hydrogen-bond acceptors (Lipinski definition) is 6. The van der Waals surface area contributed by atoms with Crippen molar-refractivity contribution in [3.63, 3.8) is 0 Å². The van der Waals surface area contributed by atoms with Crippen molar-refractivity contribution in [1.29, 1.82) is 0 Å². The standard InChI is InChI=1S/C5H6N8O/c1-13-11-5(10-12-13)8-4(14)3-6-2-7-9-3/h2H,1H3,(H,6,7,9)(H,8,11,14). The molecule has 14 heavy (non-hydrogen) atoms. The lowest BCUT2D eigenvalue weighted by atomic mass is 10.6. The van der Waals surface area contributed by atoms with Crippen molar-refractivity contribution in [1.82, 2.24) is 35.4 Å². The van der Waals surface area contributed by atoms with E-state index in [-0.39, 0.29) is 11.8 Å². The molecule has 0 saturated heterocycles. The SMILES string of the molecule is Cn1nnc(NC(=O)c2ncn[nH]2)n1. The summed E-state index contributed by atoms with van der Waals surface area (Å²) in [5, 5.41) is 19.2. The van der Waals surface area contributed by atoms with E-state index in [4.69, 9.17) is 0 Å². The van der Waals surface area contributed by atoms with Crippen molar-refractivity contribution < 1.29 is 4.79 Å². The lowest BCUT2D eigenvalue weighted by Gasteiger charge is -1.93. The molecule has 2 N–H and O–H groups in total. The Morgan fingerprint density at radius 3 is 3.07 bits per heavy atom. The van der Waals surface area contributed by atoms with E-state index in [2.05, 4.69) is 35.9 Å². The van der Waals surface area contributed by atoms with Crippen LogP contribution < -0.4 is 5.32 Å². The number of nitrogens with zero attached hydrogens (tertiary/aromatic N) is 6. The van der Waals surface area contributed by atoms with Crippen molar-refractivity contribution in [3.05, 3.63) is 12.2 Å². The summed E-state index contributed by atoms with van der Waals surface area (Å²) in [6.45, 7) is 0. The predicted molar refractivity (Wildman–Crippen MR) is 43.1 cm³/mol. The van der Waals surface area contributed by atoms with Gasteiger partial charge in [0.15, 0.2) is 0 Å². The van der Waals surface area contributed by atoms with Gasteiger partial charge in [-0.25, -0.2) is 4.98 Å². The van der Waals surface area contributed by atoms with E-state index in [0.29, 0.717) is 0 Å². The van der Waals surface area contributed by atoms with Gasteiger partial charge in [0.2, 0.25) is 5.82 Å². The van der Waals surface area contributed by atoms with Gasteiger partial charge in [0.1, 0.15) is 6.33 Å². The average molecular weight is 194 g/mol. The minimum atomic E-state index is -0.463. The van der Waals surface area contributed by atoms with Crippen LogP contribution in [0, 0.1) is 0 Å². The van der Waals surface area contributed by atoms with Gasteiger partial charge in [-0.15, -0.1) is 5.10 Å². The summed E-state index contributed by atoms with van der Waals surface area (Å²) in [5.74, 6) is -0.248. The third-order valence-electron chi connectivity index (χ3n) is 1.36. The third kappa shape index (κ3) is 1.55. The molecule has 9 heteroatoms. The second-order valence-corrected chi connectivity index (χ2v) is 2.39. The molecule has 0 aliphatic carbocycles. The smallest absolute Gasteiger partial charge is 0.285 e. The van der Waals surface area contributed by atoms with E-state index < -0.39 is 5.91 Å². The zero-order valence-corrected chi connectivity index (χ0v) is 7.17. The summed E-state index contributed by atoms with van der Waals surface area (Å²) in [6.07, 6.45) is 1.24. The van der Waals surface area contributed by atoms with Crippen LogP contribution in [0.25, 0.3) is 0 Å². The first kappa shape index (κ1) is 8.29. The summed E-state index contributed by atoms with van der Waals surface area (Å²) in [6, 6.07) is 0. The van der Waals surface area contributed by atoms with Crippen molar-refractivity contribution in [2.75, 3.05) is 5.32 Å². The fraction of sp³-hybridized carbons (Fsp3) is 0.200. The summed E-state index contributed by atoms with van der Waals surface area (Å²) < 4.78 is 0. The van der Waals surface area contributed by atoms with Gasteiger partial charge in [-0.2, -0.15) is 9.90 Å². The molecule has 0 spiro atoms. The van der Waals surface area contributed by atoms with Crippen LogP contribution >= 0.6 is 0 Å². The average Bonchev–Trinajstić information content (AvgIpc) is 2.75. The molecule has 0 aromatic carbocycles. The van der Waals surface area contributed by atoms with Crippen molar-refractivity contribution >= 4 is 11.9 Å². The zero-order valence-electron chi connectivity index (χ0n) is 7.17. The number of amides is 1. The Balaban J connectivity index is 2.09. The number of carbonyl (C=O) groups excluding carboxylic acids is 1. The molecular weight excluding hydrogens is 188 g/mol. The number of H-pyrrole nitrogens is 1. The molecule has 9 nitrogen and oxygen atoms in total. The monoisotopic (exact) mass is 194 g/mol. The number of anilines is 1. The molecular formula is C5H6N8O. The number of nitrogens with one attached hydrogen (secondary N) is 2. The van der Waals surface area contributed by atoms with Crippen molar-refractivity contribution in [2.45, 2.75) is 0 Å². The zero-order chi connectivity index (χ0) is 9.97. The molecule has 0 atom stereocenters. The molecule has 2 aromatic rings. The second kappa shape index (κ2) is 3.20. The van der Waals surface area contributed by atoms with Crippen LogP contribution in [0.2, 0.25) is 0 Å². The highest BCUT2D eigenvalue weighted by atomic mass is 16.2. The molecule has 0 aliphatic rings. The molecule has 0 aliphatic heterocycles. The van der Waals surface area contributed by atoms with Gasteiger partial charge in [-0.1, -0.05) is 5.10 Å². The minimum Gasteiger partial charge on any atom is -0.285 e. The first-order chi connectivity index (χ1) is 6.75. The van der Waals surface area contributed by atoms with Crippen LogP contribution in [0.5, 0.6) is 0 Å². The number of aromatic amines is 1. The van der Waals surface area contributed by atoms with Gasteiger partial charge >= 0.3 is 0 Å². The molecule has 2 heterocycles. The Bertz CT molecular complexity index is 430. The van der Waals surface area contributed by atoms with Crippen LogP contribution in [-0.4, -0.2) is 41.3 Å². The van der Waals surface area contributed by atoms with Gasteiger partial charge in [-0.3, -0.25) is 15.2 Å². The fourth-order valence-electron chi connectivity index (χ4n) is 0.810. The van der Waals surface area contributed by atoms with Crippen LogP contribution in [0.3, 0.4) is 0 Å². The highest BCUT2D eigenvalue weighted by Gasteiger charge is 2.11. The van der Waals surface area contributed by atoms with Crippen LogP contribution in [0.1, 0.15) is 10.6 Å². The number of hydrogen-bond donors (Lipinski definition) is 2. The fourth-order valence-corrected chi connectivity index (χ4v) is 0.810. The normalized spacial score (nSPS) is 10.1. The summed E-state index contributed by atoms with van der Waals surface area (Å²) in [5.41, 5.74) is 0. The van der Waals surface area contributed by atoms with Gasteiger partial charge in [-0.05, 0) is 5.21 Å². The molecule has 1 amide bonds. The maximum atomic E-state index is 11.3. The van der Waals surface area contributed by atoms with Crippen LogP contribution in [0.4, 0.5) is 5.95 Å². The number of carbonyl (C=O) groups is 1. The maximum absolute atomic E-state index is 11.3. The van der Waals surface area contributed by atoms with Gasteiger partial charge in [0, 0.05) is 0 Å². The Hall–Kier alpha value is -2.32. The van der Waals surface area contributed by atoms with E-state index in [9.17, 15) is 4.79 Å². The number of rotatable bonds is 2. The Morgan fingerprint density at radius 1 is 1.64 bits per heavy atom. The van der Waals surface area contributed by atoms with Crippen LogP contribution in [0.15, 0.2) is 6.33 Å². The van der Waals surface area contributed by atoms with Gasteiger partial charge < -0.3 is 0 Å². The molecule has 0 saturated carbocycles. The molecule has 0 unspecified atom stereocenters. The van der Waals surface area contributed by atoms with Gasteiger partial charge in [0.25, 0.3) is 11.9 Å². The largest absolute Gasteiger partial charge is 0.295 e. The molecule has 0 radical (unpaired) electrons. The van der Waals surface area contributed by atoms with Crippen molar-refractivity contribution in [2.24, 2.45) is 7.05 Å². The lowest BCUT2D eigenvalue weighted by molar-refractivity contribution is 0.101. The molecule has 0 bridgehead atoms. The lowest BCUT2D eigenvalue weighted by Crippen LogP contribution is -2.14. The minimum absolute atomic E-state index is 0.0949. The molecule has 0 fully saturated rings. The Labute approximate surface area is 77.5 Å². The first-order valence-electron chi connectivity index (χ1n) is 3.66. The highest BCUT2D eigenvalue weighted by molar-refractivity contribution is 6.00. The van der Waals surface area contributed by atoms with E-state index in [1.807, 2.05) is 0 Å². The topological polar surface area (TPSA) is 114 Å². The van der Waals surface area contributed by atoms with E-state index in [0.717, 1.165) is 0 Å². The van der Waals surface area contributed by atoms with E-state index in [1.54, 1.807) is 7.05 Å². The van der Waals surface area contributed by atoms with E-state index >= 15 is 0 Å². The maximum Gasteiger partial charge on any atom is 0.295 e. The number of aromatic nitrogens is 7. The quantitative estimate of drug-likeness (QED) is 0.606. The first-order valence-corrected chi connectivity index (χ1v) is 3.66. The summed E-state index contributed by atoms with van der Waals surface area (Å²) in [4.78, 5) is 16.2. The molecule has 72 valence electrons.